The minimum atomic E-state index is -2.10. The van der Waals surface area contributed by atoms with Gasteiger partial charge in [0.25, 0.3) is 0 Å². The van der Waals surface area contributed by atoms with Crippen LogP contribution in [0.25, 0.3) is 0 Å². The van der Waals surface area contributed by atoms with Crippen molar-refractivity contribution in [3.63, 3.8) is 0 Å². The van der Waals surface area contributed by atoms with Crippen LogP contribution in [0.5, 0.6) is 17.2 Å². The van der Waals surface area contributed by atoms with Crippen LogP contribution < -0.4 is 4.74 Å². The lowest BCUT2D eigenvalue weighted by Crippen LogP contribution is -2.62. The smallest absolute Gasteiger partial charge is 0.202 e. The van der Waals surface area contributed by atoms with Gasteiger partial charge in [-0.05, 0) is 19.9 Å². The quantitative estimate of drug-likeness (QED) is 0.0933. The number of carbonyl (C=O) groups excluding carboxylic acids is 3. The van der Waals surface area contributed by atoms with E-state index in [1.807, 2.05) is 60.7 Å². The Hall–Kier alpha value is -4.95. The minimum Gasteiger partial charge on any atom is -0.632 e. The normalized spacial score (nSPS) is 25.3. The van der Waals surface area contributed by atoms with Crippen molar-refractivity contribution in [1.82, 2.24) is 0 Å². The number of ether oxygens (including phenoxy) is 3. The summed E-state index contributed by atoms with van der Waals surface area (Å²) in [5.41, 5.74) is -1.85. The number of fused-ring (bicyclic) bond motifs is 3. The minimum absolute atomic E-state index is 0.0229. The predicted octanol–water partition coefficient (Wildman–Crippen LogP) is 4.79. The second kappa shape index (κ2) is 13.8. The second-order valence-electron chi connectivity index (χ2n) is 14.3. The number of aliphatic hydroxyl groups excluding tert-OH is 1. The number of carbonyl (C=O) groups is 3. The fraction of sp³-hybridized carbons (Fsp3) is 0.341. The standard InChI is InChI=1S/C41H41NO11/c1-22-36(44)28(42(50,20-24-11-6-4-7-12-24)21-25-13-8-5-9-14-25)17-31(52-22)53-30-19-41(49,23(2)43)18-27-33(30)40(48)35-34(38(27)46)37(45)26-15-10-16-29(51-3)32(26)39(35)47/h4-16,22,28,30-31,36,44,46,48-49H,17-21H2,1-3H3/t22-,28-,30-,31+,36+,41+/m1/s1. The number of benzene rings is 4. The molecule has 12 nitrogen and oxygen atoms in total. The molecular weight excluding hydrogens is 682 g/mol. The molecule has 6 atom stereocenters. The highest BCUT2D eigenvalue weighted by Gasteiger charge is 2.51. The van der Waals surface area contributed by atoms with Crippen molar-refractivity contribution in [1.29, 1.82) is 0 Å². The maximum Gasteiger partial charge on any atom is 0.202 e. The van der Waals surface area contributed by atoms with Gasteiger partial charge < -0.3 is 44.5 Å². The zero-order valence-corrected chi connectivity index (χ0v) is 29.5. The number of methoxy groups -OCH3 is 1. The molecule has 53 heavy (non-hydrogen) atoms. The monoisotopic (exact) mass is 723 g/mol. The Morgan fingerprint density at radius 1 is 0.906 bits per heavy atom. The number of hydrogen-bond donors (Lipinski definition) is 4. The van der Waals surface area contributed by atoms with Crippen LogP contribution in [0.3, 0.4) is 0 Å². The zero-order valence-electron chi connectivity index (χ0n) is 29.5. The fourth-order valence-electron chi connectivity index (χ4n) is 8.14. The van der Waals surface area contributed by atoms with Crippen molar-refractivity contribution < 1.29 is 53.7 Å². The average Bonchev–Trinajstić information content (AvgIpc) is 3.13. The van der Waals surface area contributed by atoms with Gasteiger partial charge in [0, 0.05) is 40.7 Å². The van der Waals surface area contributed by atoms with Crippen LogP contribution in [0.1, 0.15) is 86.9 Å². The van der Waals surface area contributed by atoms with E-state index in [0.29, 0.717) is 0 Å². The van der Waals surface area contributed by atoms with Crippen LogP contribution in [0.15, 0.2) is 78.9 Å². The molecule has 12 heteroatoms. The van der Waals surface area contributed by atoms with Crippen molar-refractivity contribution in [2.75, 3.05) is 7.11 Å². The first kappa shape index (κ1) is 36.4. The van der Waals surface area contributed by atoms with Gasteiger partial charge in [-0.2, -0.15) is 0 Å². The molecule has 276 valence electrons. The van der Waals surface area contributed by atoms with Gasteiger partial charge in [-0.15, -0.1) is 0 Å². The number of phenolic OH excluding ortho intramolecular Hbond substituents is 2. The Morgan fingerprint density at radius 3 is 2.09 bits per heavy atom. The van der Waals surface area contributed by atoms with E-state index >= 15 is 5.21 Å². The van der Waals surface area contributed by atoms with Crippen molar-refractivity contribution >= 4 is 17.3 Å². The highest BCUT2D eigenvalue weighted by molar-refractivity contribution is 6.31. The van der Waals surface area contributed by atoms with Gasteiger partial charge in [0.15, 0.2) is 17.9 Å². The lowest BCUT2D eigenvalue weighted by molar-refractivity contribution is -0.937. The molecule has 3 aliphatic rings. The molecule has 7 rings (SSSR count). The summed E-state index contributed by atoms with van der Waals surface area (Å²) in [6.07, 6.45) is -5.70. The van der Waals surface area contributed by atoms with Crippen molar-refractivity contribution in [2.45, 2.75) is 82.4 Å². The Bertz CT molecular complexity index is 2040. The molecule has 2 aliphatic carbocycles. The van der Waals surface area contributed by atoms with Gasteiger partial charge >= 0.3 is 0 Å². The van der Waals surface area contributed by atoms with Crippen LogP contribution >= 0.6 is 0 Å². The summed E-state index contributed by atoms with van der Waals surface area (Å²) in [4.78, 5) is 40.8. The lowest BCUT2D eigenvalue weighted by Gasteiger charge is -2.54. The molecule has 0 aromatic heterocycles. The highest BCUT2D eigenvalue weighted by Crippen LogP contribution is 2.52. The summed E-state index contributed by atoms with van der Waals surface area (Å²) in [6, 6.07) is 21.9. The van der Waals surface area contributed by atoms with Gasteiger partial charge in [0.05, 0.1) is 42.4 Å². The number of nitrogens with zero attached hydrogens (tertiary/aromatic N) is 1. The number of quaternary nitrogens is 1. The molecular formula is C41H41NO11. The molecule has 1 fully saturated rings. The maximum atomic E-state index is 15.1. The van der Waals surface area contributed by atoms with Gasteiger partial charge in [-0.3, -0.25) is 14.4 Å². The van der Waals surface area contributed by atoms with Crippen molar-refractivity contribution in [2.24, 2.45) is 0 Å². The molecule has 0 spiro atoms. The Balaban J connectivity index is 1.30. The highest BCUT2D eigenvalue weighted by atomic mass is 16.7. The Kier molecular flexibility index (Phi) is 9.48. The zero-order chi connectivity index (χ0) is 37.8. The number of Topliss-reactive ketones (excluding diaryl/α,β-unsaturated/α-hetero) is 1. The van der Waals surface area contributed by atoms with E-state index in [-0.39, 0.29) is 47.5 Å². The Labute approximate surface area is 306 Å². The molecule has 4 aromatic rings. The van der Waals surface area contributed by atoms with E-state index in [1.54, 1.807) is 6.92 Å². The first-order valence-corrected chi connectivity index (χ1v) is 17.5. The molecule has 4 N–H and O–H groups in total. The predicted molar refractivity (Wildman–Crippen MR) is 190 cm³/mol. The molecule has 4 aromatic carbocycles. The lowest BCUT2D eigenvalue weighted by atomic mass is 9.72. The van der Waals surface area contributed by atoms with Crippen LogP contribution in [-0.2, 0) is 33.8 Å². The molecule has 0 amide bonds. The number of aromatic hydroxyl groups is 2. The number of rotatable bonds is 9. The molecule has 1 saturated heterocycles. The molecule has 0 radical (unpaired) electrons. The summed E-state index contributed by atoms with van der Waals surface area (Å²) in [7, 11) is 1.34. The van der Waals surface area contributed by atoms with Crippen LogP contribution in [0.2, 0.25) is 0 Å². The van der Waals surface area contributed by atoms with Crippen LogP contribution in [0.4, 0.5) is 0 Å². The summed E-state index contributed by atoms with van der Waals surface area (Å²) >= 11 is 0. The van der Waals surface area contributed by atoms with E-state index in [9.17, 15) is 34.8 Å². The van der Waals surface area contributed by atoms with Gasteiger partial charge in [0.1, 0.15) is 48.1 Å². The SMILES string of the molecule is COc1cccc2c1C(=O)c1c(O)c3c(c(O)c1C2=O)C[C@@](O)(C(C)=O)C[C@H]3O[C@H]1C[C@@H]([N+]([O-])(Cc2ccccc2)Cc2ccccc2)[C@@H](O)[C@@H](C)O1. The second-order valence-corrected chi connectivity index (χ2v) is 14.3. The first-order chi connectivity index (χ1) is 25.3. The molecule has 0 unspecified atom stereocenters. The third kappa shape index (κ3) is 6.31. The number of hydrogen-bond acceptors (Lipinski definition) is 11. The summed E-state index contributed by atoms with van der Waals surface area (Å²) < 4.78 is 17.1. The summed E-state index contributed by atoms with van der Waals surface area (Å²) in [6.45, 7) is 2.83. The fourth-order valence-corrected chi connectivity index (χ4v) is 8.14. The van der Waals surface area contributed by atoms with Crippen molar-refractivity contribution in [3.05, 3.63) is 129 Å². The Morgan fingerprint density at radius 2 is 1.51 bits per heavy atom. The number of aliphatic hydroxyl groups is 2. The van der Waals surface area contributed by atoms with Gasteiger partial charge in [0.2, 0.25) is 5.78 Å². The molecule has 0 bridgehead atoms. The van der Waals surface area contributed by atoms with E-state index in [0.717, 1.165) is 11.1 Å². The van der Waals surface area contributed by atoms with E-state index in [4.69, 9.17) is 14.2 Å². The number of phenols is 2. The number of hydroxylamine groups is 3. The summed E-state index contributed by atoms with van der Waals surface area (Å²) in [5, 5.41) is 61.8. The average molecular weight is 724 g/mol. The molecule has 0 saturated carbocycles. The third-order valence-corrected chi connectivity index (χ3v) is 10.9. The van der Waals surface area contributed by atoms with Gasteiger partial charge in [-0.1, -0.05) is 72.8 Å². The first-order valence-electron chi connectivity index (χ1n) is 17.5. The third-order valence-electron chi connectivity index (χ3n) is 10.9. The molecule has 1 aliphatic heterocycles. The summed E-state index contributed by atoms with van der Waals surface area (Å²) in [5.74, 6) is -3.39. The van der Waals surface area contributed by atoms with E-state index < -0.39 is 93.7 Å². The topological polar surface area (TPSA) is 183 Å². The number of ketones is 3. The molecule has 1 heterocycles. The van der Waals surface area contributed by atoms with Crippen LogP contribution in [0, 0.1) is 5.21 Å². The van der Waals surface area contributed by atoms with Gasteiger partial charge in [-0.25, -0.2) is 0 Å². The maximum absolute atomic E-state index is 15.1. The largest absolute Gasteiger partial charge is 0.632 e. The van der Waals surface area contributed by atoms with E-state index in [2.05, 4.69) is 0 Å². The van der Waals surface area contributed by atoms with E-state index in [1.165, 1.54) is 32.2 Å². The van der Waals surface area contributed by atoms with Crippen molar-refractivity contribution in [3.8, 4) is 17.2 Å². The van der Waals surface area contributed by atoms with Crippen LogP contribution in [-0.4, -0.2) is 79.7 Å².